The van der Waals surface area contributed by atoms with Crippen LogP contribution in [0.15, 0.2) is 78.9 Å². The lowest BCUT2D eigenvalue weighted by Gasteiger charge is -2.43. The molecule has 0 aromatic heterocycles. The van der Waals surface area contributed by atoms with E-state index < -0.39 is 85.1 Å². The molecule has 24 radical (unpaired) electrons. The Morgan fingerprint density at radius 1 is 0.537 bits per heavy atom. The van der Waals surface area contributed by atoms with Crippen molar-refractivity contribution in [3.8, 4) is 29.3 Å². The topological polar surface area (TPSA) is 261 Å². The Balaban J connectivity index is 0.000000403. The molecular formula is C52H68B24N7O12-3. The standard InChI is InChI=1S/C25H21NO3.C9H14N2O3.2C9H12N2O3.B8H6.B8H3.B8/c1-29-24(28)23-15-18(27)16-26(23)25(17-9-3-2-4-10-17)21-13-7-5-11-19(21)20-12-6-8-14-22(20)25;3*1-11-5-7(12)6(3-4-10)8(11)9(13)14-2;3*1-6(2)8(5)7(3)4/h2-14,23H,15-16H2,1H3;6-8,12H,3,5H2,1-2H3;2*6,8H,3,5H2,1-2H3;1-2H3;1H3;/q;;;;-2;-1;/t23-;6-,7+,8+;6?,8-;6-,8+;;;/m0101.../s1. The SMILES string of the molecule is COC(=O)[C@@H]1C(CC#N)C(=O)CN1C.COC(=O)[C@@H]1CC(=O)CN1C1(c2ccccc2)c2ccccc2-c2ccccc21.COC(=O)[C@@H]1[C@H](CC#N)C(=O)CN1C.COC(=O)[C@@H]1[C@H](CC#N)[C@@H](O)CN1C.[B]B([B])B([B])B([BH3-])[BH3-].[B]B([B])B([B])B([B])[BH3-].[B]B([B])B([B])B([B])[B]. The predicted octanol–water partition coefficient (Wildman–Crippen LogP) is -9.26. The number of Topliss-reactive ketones (excluding diaryl/α,β-unsaturated/α-hetero) is 3. The minimum absolute atomic E-state index is 0.0533. The van der Waals surface area contributed by atoms with Crippen LogP contribution in [0.1, 0.15) is 42.4 Å². The molecule has 1 N–H and O–H groups in total. The number of nitriles is 3. The third-order valence-corrected chi connectivity index (χ3v) is 15.6. The summed E-state index contributed by atoms with van der Waals surface area (Å²) in [6, 6.07) is 30.2. The largest absolute Gasteiger partial charge is 0.468 e. The van der Waals surface area contributed by atoms with Crippen molar-refractivity contribution in [1.29, 1.82) is 15.8 Å². The normalized spacial score (nSPS) is 20.9. The molecule has 3 aromatic carbocycles. The molecule has 95 heavy (non-hydrogen) atoms. The second-order valence-electron chi connectivity index (χ2n) is 21.9. The minimum atomic E-state index is -0.723. The van der Waals surface area contributed by atoms with Gasteiger partial charge in [-0.15, -0.1) is 21.9 Å². The van der Waals surface area contributed by atoms with Gasteiger partial charge in [0.05, 0.1) is 89.8 Å². The highest BCUT2D eigenvalue weighted by Gasteiger charge is 2.55. The van der Waals surface area contributed by atoms with E-state index in [-0.39, 0.29) is 114 Å². The van der Waals surface area contributed by atoms with Crippen molar-refractivity contribution in [2.45, 2.75) is 61.5 Å². The highest BCUT2D eigenvalue weighted by molar-refractivity contribution is 7.91. The molecule has 4 fully saturated rings. The summed E-state index contributed by atoms with van der Waals surface area (Å²) in [5.74, 6) is -3.12. The number of likely N-dealkylation sites (N-methyl/N-ethyl adjacent to an activating group) is 3. The Kier molecular flexibility index (Phi) is 37.4. The van der Waals surface area contributed by atoms with Crippen LogP contribution in [-0.2, 0) is 58.0 Å². The van der Waals surface area contributed by atoms with Gasteiger partial charge < -0.3 is 24.1 Å². The second-order valence-corrected chi connectivity index (χ2v) is 21.9. The quantitative estimate of drug-likeness (QED) is 0.0842. The van der Waals surface area contributed by atoms with Crippen molar-refractivity contribution in [3.63, 3.8) is 0 Å². The van der Waals surface area contributed by atoms with Crippen molar-refractivity contribution >= 4 is 215 Å². The number of carbonyl (C=O) groups excluding carboxylic acids is 7. The summed E-state index contributed by atoms with van der Waals surface area (Å²) in [5, 5.41) is 35.2. The Hall–Kier alpha value is -5.62. The Bertz CT molecular complexity index is 2970. The van der Waals surface area contributed by atoms with E-state index in [9.17, 15) is 38.7 Å². The number of carbonyl (C=O) groups is 7. The molecular weight excluding hydrogens is 1170 g/mol. The zero-order valence-electron chi connectivity index (χ0n) is 53.0. The van der Waals surface area contributed by atoms with E-state index in [1.807, 2.05) is 65.6 Å². The molecule has 19 nitrogen and oxygen atoms in total. The first-order valence-corrected chi connectivity index (χ1v) is 28.8. The maximum atomic E-state index is 12.7. The molecule has 0 spiro atoms. The number of hydrogen-bond donors (Lipinski definition) is 1. The van der Waals surface area contributed by atoms with E-state index in [0.29, 0.717) is 22.0 Å². The van der Waals surface area contributed by atoms with Gasteiger partial charge in [-0.05, 0) is 122 Å². The molecule has 0 bridgehead atoms. The van der Waals surface area contributed by atoms with Crippen LogP contribution in [0, 0.1) is 51.7 Å². The molecule has 4 heterocycles. The van der Waals surface area contributed by atoms with Gasteiger partial charge >= 0.3 is 23.9 Å². The van der Waals surface area contributed by atoms with Gasteiger partial charge in [-0.1, -0.05) is 93.0 Å². The van der Waals surface area contributed by atoms with Gasteiger partial charge in [-0.25, -0.2) is 0 Å². The fraction of sp³-hybridized carbons (Fsp3) is 0.462. The summed E-state index contributed by atoms with van der Waals surface area (Å²) < 4.78 is 18.9. The van der Waals surface area contributed by atoms with E-state index in [1.165, 1.54) is 28.4 Å². The van der Waals surface area contributed by atoms with Gasteiger partial charge in [0.25, 0.3) is 0 Å². The Labute approximate surface area is 584 Å². The highest BCUT2D eigenvalue weighted by Crippen LogP contribution is 2.55. The molecule has 3 aromatic rings. The lowest BCUT2D eigenvalue weighted by Crippen LogP contribution is -2.52. The van der Waals surface area contributed by atoms with Crippen LogP contribution >= 0.6 is 0 Å². The van der Waals surface area contributed by atoms with Crippen LogP contribution in [0.4, 0.5) is 0 Å². The van der Waals surface area contributed by atoms with Gasteiger partial charge in [-0.3, -0.25) is 59.5 Å². The van der Waals surface area contributed by atoms with Gasteiger partial charge in [0.1, 0.15) is 30.0 Å². The number of rotatable bonds is 15. The van der Waals surface area contributed by atoms with Crippen molar-refractivity contribution in [2.75, 3.05) is 75.8 Å². The molecule has 0 saturated carbocycles. The van der Waals surface area contributed by atoms with Crippen molar-refractivity contribution in [3.05, 3.63) is 95.6 Å². The van der Waals surface area contributed by atoms with E-state index in [4.69, 9.17) is 113 Å². The molecule has 43 heteroatoms. The summed E-state index contributed by atoms with van der Waals surface area (Å²) in [6.07, 6.45) is -1.65. The third kappa shape index (κ3) is 23.0. The third-order valence-electron chi connectivity index (χ3n) is 15.6. The Morgan fingerprint density at radius 3 is 1.24 bits per heavy atom. The molecule has 1 unspecified atom stereocenters. The number of aliphatic hydroxyl groups excluding tert-OH is 1. The number of fused-ring (bicyclic) bond motifs is 3. The molecule has 5 aliphatic rings. The first-order valence-electron chi connectivity index (χ1n) is 28.8. The number of nitrogens with zero attached hydrogens (tertiary/aromatic N) is 7. The highest BCUT2D eigenvalue weighted by atomic mass is 16.5. The molecule has 8 rings (SSSR count). The number of ether oxygens (including phenoxy) is 4. The Morgan fingerprint density at radius 2 is 0.916 bits per heavy atom. The first-order chi connectivity index (χ1) is 44.7. The zero-order chi connectivity index (χ0) is 72.4. The number of β-amino-alcohol motifs (C(OH)–C–C–N with tert-alkyl or cyclic N) is 1. The van der Waals surface area contributed by atoms with Crippen LogP contribution in [-0.4, -0.2) is 345 Å². The van der Waals surface area contributed by atoms with Crippen molar-refractivity contribution in [2.24, 2.45) is 17.8 Å². The number of esters is 4. The molecule has 8 atom stereocenters. The molecule has 4 saturated heterocycles. The monoisotopic (exact) mass is 1250 g/mol. The van der Waals surface area contributed by atoms with E-state index in [1.54, 1.807) is 35.8 Å². The number of methoxy groups -OCH3 is 4. The summed E-state index contributed by atoms with van der Waals surface area (Å²) in [7, 11) is 74.9. The maximum Gasteiger partial charge on any atom is 0.323 e. The lowest BCUT2D eigenvalue weighted by atomic mass is 8.68. The van der Waals surface area contributed by atoms with Crippen LogP contribution in [0.3, 0.4) is 0 Å². The fourth-order valence-corrected chi connectivity index (χ4v) is 10.8. The first kappa shape index (κ1) is 85.5. The fourth-order valence-electron chi connectivity index (χ4n) is 10.8. The van der Waals surface area contributed by atoms with Crippen LogP contribution in [0.5, 0.6) is 0 Å². The zero-order valence-corrected chi connectivity index (χ0v) is 53.0. The number of aliphatic hydroxyl groups is 1. The average molecular weight is 1240 g/mol. The van der Waals surface area contributed by atoms with Gasteiger partial charge in [0.15, 0.2) is 11.6 Å². The summed E-state index contributed by atoms with van der Waals surface area (Å²) in [4.78, 5) is 89.1. The molecule has 1 aliphatic carbocycles. The summed E-state index contributed by atoms with van der Waals surface area (Å²) >= 11 is 0. The van der Waals surface area contributed by atoms with E-state index >= 15 is 0 Å². The van der Waals surface area contributed by atoms with Crippen LogP contribution in [0.2, 0.25) is 0 Å². The van der Waals surface area contributed by atoms with Gasteiger partial charge in [0, 0.05) is 96.0 Å². The van der Waals surface area contributed by atoms with Crippen molar-refractivity contribution < 1.29 is 57.6 Å². The minimum Gasteiger partial charge on any atom is -0.468 e. The van der Waals surface area contributed by atoms with E-state index in [0.717, 1.165) is 34.2 Å². The van der Waals surface area contributed by atoms with Gasteiger partial charge in [0.2, 0.25) is 0 Å². The number of ketones is 3. The number of likely N-dealkylation sites (tertiary alicyclic amines) is 4. The van der Waals surface area contributed by atoms with Crippen LogP contribution < -0.4 is 0 Å². The van der Waals surface area contributed by atoms with Gasteiger partial charge in [-0.2, -0.15) is 15.8 Å². The molecule has 4 aliphatic heterocycles. The molecule has 458 valence electrons. The predicted molar refractivity (Wildman–Crippen MR) is 403 cm³/mol. The average Bonchev–Trinajstić information content (AvgIpc) is 1.55. The van der Waals surface area contributed by atoms with E-state index in [2.05, 4.69) is 50.6 Å². The smallest absolute Gasteiger partial charge is 0.323 e. The van der Waals surface area contributed by atoms with Crippen LogP contribution in [0.25, 0.3) is 11.1 Å². The van der Waals surface area contributed by atoms with Crippen molar-refractivity contribution in [1.82, 2.24) is 19.6 Å². The maximum absolute atomic E-state index is 12.7. The summed E-state index contributed by atoms with van der Waals surface area (Å²) in [5.41, 5.74) is 4.78. The summed E-state index contributed by atoms with van der Waals surface area (Å²) in [6.45, 7) is 1.04. The lowest BCUT2D eigenvalue weighted by molar-refractivity contribution is -0.148. The number of benzene rings is 3. The molecule has 0 amide bonds. The second kappa shape index (κ2) is 41.6. The number of hydrogen-bond acceptors (Lipinski definition) is 19.